The first-order chi connectivity index (χ1) is 11.0. The molecule has 1 aliphatic heterocycles. The number of benzene rings is 1. The molecule has 1 amide bonds. The van der Waals surface area contributed by atoms with Crippen LogP contribution in [0.2, 0.25) is 0 Å². The zero-order valence-electron chi connectivity index (χ0n) is 15.5. The molecule has 1 aromatic rings. The van der Waals surface area contributed by atoms with Crippen molar-refractivity contribution >= 4 is 18.3 Å². The molecule has 2 unspecified atom stereocenters. The van der Waals surface area contributed by atoms with Crippen molar-refractivity contribution in [2.45, 2.75) is 58.9 Å². The standard InChI is InChI=1S/C20H32N2O.ClH/c1-14(2)17-6-8-18(9-7-17)20(15(3)4)22-19(23)10-5-16-11-12-21-13-16;/h6-9,14-16,20-21H,5,10-13H2,1-4H3,(H,22,23);1H. The lowest BCUT2D eigenvalue weighted by molar-refractivity contribution is -0.122. The zero-order chi connectivity index (χ0) is 16.8. The van der Waals surface area contributed by atoms with Gasteiger partial charge < -0.3 is 10.6 Å². The molecule has 1 heterocycles. The molecule has 0 radical (unpaired) electrons. The number of amides is 1. The van der Waals surface area contributed by atoms with E-state index in [0.717, 1.165) is 19.5 Å². The van der Waals surface area contributed by atoms with Crippen LogP contribution in [0.15, 0.2) is 24.3 Å². The number of carbonyl (C=O) groups excluding carboxylic acids is 1. The maximum Gasteiger partial charge on any atom is 0.220 e. The molecule has 2 N–H and O–H groups in total. The van der Waals surface area contributed by atoms with E-state index in [9.17, 15) is 4.79 Å². The van der Waals surface area contributed by atoms with Gasteiger partial charge in [-0.3, -0.25) is 4.79 Å². The summed E-state index contributed by atoms with van der Waals surface area (Å²) < 4.78 is 0. The summed E-state index contributed by atoms with van der Waals surface area (Å²) in [5.41, 5.74) is 2.55. The van der Waals surface area contributed by atoms with Gasteiger partial charge in [0.2, 0.25) is 5.91 Å². The molecule has 0 spiro atoms. The van der Waals surface area contributed by atoms with Crippen LogP contribution in [0.4, 0.5) is 0 Å². The Bertz CT molecular complexity index is 493. The average Bonchev–Trinajstić information content (AvgIpc) is 3.04. The SMILES string of the molecule is CC(C)c1ccc(C(NC(=O)CCC2CCNC2)C(C)C)cc1.Cl. The highest BCUT2D eigenvalue weighted by atomic mass is 35.5. The lowest BCUT2D eigenvalue weighted by atomic mass is 9.93. The summed E-state index contributed by atoms with van der Waals surface area (Å²) in [6.45, 7) is 10.9. The Balaban J connectivity index is 0.00000288. The Kier molecular flexibility index (Phi) is 8.79. The number of carbonyl (C=O) groups is 1. The van der Waals surface area contributed by atoms with Gasteiger partial charge in [0.25, 0.3) is 0 Å². The van der Waals surface area contributed by atoms with Crippen molar-refractivity contribution in [1.29, 1.82) is 0 Å². The summed E-state index contributed by atoms with van der Waals surface area (Å²) in [6, 6.07) is 8.81. The third kappa shape index (κ3) is 6.10. The Morgan fingerprint density at radius 1 is 1.17 bits per heavy atom. The molecule has 136 valence electrons. The minimum absolute atomic E-state index is 0. The minimum atomic E-state index is 0. The minimum Gasteiger partial charge on any atom is -0.349 e. The number of hydrogen-bond donors (Lipinski definition) is 2. The maximum atomic E-state index is 12.3. The van der Waals surface area contributed by atoms with Crippen LogP contribution < -0.4 is 10.6 Å². The first-order valence-electron chi connectivity index (χ1n) is 9.07. The Morgan fingerprint density at radius 3 is 2.29 bits per heavy atom. The van der Waals surface area contributed by atoms with E-state index < -0.39 is 0 Å². The number of nitrogens with one attached hydrogen (secondary N) is 2. The van der Waals surface area contributed by atoms with E-state index in [-0.39, 0.29) is 24.4 Å². The second-order valence-corrected chi connectivity index (χ2v) is 7.51. The second kappa shape index (κ2) is 10.0. The van der Waals surface area contributed by atoms with Crippen molar-refractivity contribution < 1.29 is 4.79 Å². The van der Waals surface area contributed by atoms with Gasteiger partial charge in [-0.2, -0.15) is 0 Å². The highest BCUT2D eigenvalue weighted by Gasteiger charge is 2.20. The van der Waals surface area contributed by atoms with Crippen molar-refractivity contribution in [2.75, 3.05) is 13.1 Å². The van der Waals surface area contributed by atoms with Crippen molar-refractivity contribution in [1.82, 2.24) is 10.6 Å². The van der Waals surface area contributed by atoms with Gasteiger partial charge in [0, 0.05) is 6.42 Å². The third-order valence-corrected chi connectivity index (χ3v) is 4.89. The molecule has 2 rings (SSSR count). The van der Waals surface area contributed by atoms with Crippen molar-refractivity contribution in [3.8, 4) is 0 Å². The summed E-state index contributed by atoms with van der Waals surface area (Å²) in [4.78, 5) is 12.3. The van der Waals surface area contributed by atoms with E-state index in [2.05, 4.69) is 62.6 Å². The lowest BCUT2D eigenvalue weighted by Gasteiger charge is -2.24. The fourth-order valence-corrected chi connectivity index (χ4v) is 3.26. The summed E-state index contributed by atoms with van der Waals surface area (Å²) >= 11 is 0. The quantitative estimate of drug-likeness (QED) is 0.761. The monoisotopic (exact) mass is 352 g/mol. The van der Waals surface area contributed by atoms with Crippen LogP contribution >= 0.6 is 12.4 Å². The second-order valence-electron chi connectivity index (χ2n) is 7.51. The molecule has 4 heteroatoms. The number of halogens is 1. The van der Waals surface area contributed by atoms with Crippen LogP contribution in [0.5, 0.6) is 0 Å². The van der Waals surface area contributed by atoms with Gasteiger partial charge >= 0.3 is 0 Å². The molecule has 24 heavy (non-hydrogen) atoms. The molecule has 1 aromatic carbocycles. The van der Waals surface area contributed by atoms with E-state index in [1.807, 2.05) is 0 Å². The predicted molar refractivity (Wildman–Crippen MR) is 104 cm³/mol. The van der Waals surface area contributed by atoms with Gasteiger partial charge in [0.1, 0.15) is 0 Å². The number of rotatable bonds is 7. The van der Waals surface area contributed by atoms with Gasteiger partial charge in [-0.15, -0.1) is 12.4 Å². The molecule has 0 saturated carbocycles. The molecular formula is C20H33ClN2O. The van der Waals surface area contributed by atoms with E-state index in [4.69, 9.17) is 0 Å². The summed E-state index contributed by atoms with van der Waals surface area (Å²) in [7, 11) is 0. The van der Waals surface area contributed by atoms with Gasteiger partial charge in [-0.25, -0.2) is 0 Å². The van der Waals surface area contributed by atoms with Crippen LogP contribution in [0.1, 0.15) is 70.0 Å². The Labute approximate surface area is 153 Å². The fraction of sp³-hybridized carbons (Fsp3) is 0.650. The van der Waals surface area contributed by atoms with E-state index in [1.165, 1.54) is 17.5 Å². The van der Waals surface area contributed by atoms with E-state index >= 15 is 0 Å². The molecule has 0 aliphatic carbocycles. The summed E-state index contributed by atoms with van der Waals surface area (Å²) in [5.74, 6) is 1.78. The molecule has 0 aromatic heterocycles. The molecule has 1 saturated heterocycles. The maximum absolute atomic E-state index is 12.3. The first-order valence-corrected chi connectivity index (χ1v) is 9.07. The molecule has 3 nitrogen and oxygen atoms in total. The van der Waals surface area contributed by atoms with Gasteiger partial charge in [0.05, 0.1) is 6.04 Å². The Morgan fingerprint density at radius 2 is 1.79 bits per heavy atom. The van der Waals surface area contributed by atoms with Gasteiger partial charge in [-0.05, 0) is 54.8 Å². The highest BCUT2D eigenvalue weighted by molar-refractivity contribution is 5.85. The summed E-state index contributed by atoms with van der Waals surface area (Å²) in [6.07, 6.45) is 2.84. The van der Waals surface area contributed by atoms with Crippen LogP contribution in [-0.2, 0) is 4.79 Å². The van der Waals surface area contributed by atoms with Crippen LogP contribution in [-0.4, -0.2) is 19.0 Å². The Hall–Kier alpha value is -1.06. The zero-order valence-corrected chi connectivity index (χ0v) is 16.3. The fourth-order valence-electron chi connectivity index (χ4n) is 3.26. The van der Waals surface area contributed by atoms with Gasteiger partial charge in [-0.1, -0.05) is 52.0 Å². The lowest BCUT2D eigenvalue weighted by Crippen LogP contribution is -2.32. The van der Waals surface area contributed by atoms with Crippen molar-refractivity contribution in [3.05, 3.63) is 35.4 Å². The predicted octanol–water partition coefficient (Wildman–Crippen LogP) is 4.43. The average molecular weight is 353 g/mol. The highest BCUT2D eigenvalue weighted by Crippen LogP contribution is 2.24. The topological polar surface area (TPSA) is 41.1 Å². The van der Waals surface area contributed by atoms with Crippen LogP contribution in [0.3, 0.4) is 0 Å². The smallest absolute Gasteiger partial charge is 0.220 e. The van der Waals surface area contributed by atoms with Crippen LogP contribution in [0, 0.1) is 11.8 Å². The largest absolute Gasteiger partial charge is 0.349 e. The third-order valence-electron chi connectivity index (χ3n) is 4.89. The van der Waals surface area contributed by atoms with Crippen molar-refractivity contribution in [3.63, 3.8) is 0 Å². The number of hydrogen-bond acceptors (Lipinski definition) is 2. The van der Waals surface area contributed by atoms with E-state index in [0.29, 0.717) is 24.2 Å². The first kappa shape index (κ1) is 21.0. The van der Waals surface area contributed by atoms with E-state index in [1.54, 1.807) is 0 Å². The van der Waals surface area contributed by atoms with Crippen molar-refractivity contribution in [2.24, 2.45) is 11.8 Å². The molecule has 0 bridgehead atoms. The van der Waals surface area contributed by atoms with Crippen LogP contribution in [0.25, 0.3) is 0 Å². The normalized spacial score (nSPS) is 18.5. The molecule has 1 fully saturated rings. The molecular weight excluding hydrogens is 320 g/mol. The molecule has 2 atom stereocenters. The molecule has 1 aliphatic rings. The summed E-state index contributed by atoms with van der Waals surface area (Å²) in [5, 5.41) is 6.61. The van der Waals surface area contributed by atoms with Gasteiger partial charge in [0.15, 0.2) is 0 Å².